The van der Waals surface area contributed by atoms with Crippen LogP contribution in [0.2, 0.25) is 0 Å². The first-order valence-corrected chi connectivity index (χ1v) is 21.1. The van der Waals surface area contributed by atoms with Crippen molar-refractivity contribution in [3.63, 3.8) is 0 Å². The molecule has 0 fully saturated rings. The number of nitrogens with zero attached hydrogens (tertiary/aromatic N) is 2. The van der Waals surface area contributed by atoms with Crippen molar-refractivity contribution in [3.05, 3.63) is 205 Å². The zero-order valence-electron chi connectivity index (χ0n) is 33.8. The molecule has 12 aromatic rings. The molecule has 0 atom stereocenters. The first kappa shape index (κ1) is 34.0. The summed E-state index contributed by atoms with van der Waals surface area (Å²) in [5.41, 5.74) is 18.6. The third-order valence-corrected chi connectivity index (χ3v) is 13.1. The topological polar surface area (TPSA) is 21.3 Å². The van der Waals surface area contributed by atoms with Gasteiger partial charge in [0, 0.05) is 38.6 Å². The summed E-state index contributed by atoms with van der Waals surface area (Å²) in [5, 5.41) is 9.72. The van der Waals surface area contributed by atoms with E-state index in [2.05, 4.69) is 211 Å². The summed E-state index contributed by atoms with van der Waals surface area (Å²) in [4.78, 5) is 2.43. The molecule has 0 radical (unpaired) electrons. The summed E-state index contributed by atoms with van der Waals surface area (Å²) in [7, 11) is 0. The number of hydrogen-bond acceptors (Lipinski definition) is 2. The van der Waals surface area contributed by atoms with Gasteiger partial charge < -0.3 is 13.9 Å². The maximum absolute atomic E-state index is 6.77. The molecule has 10 aromatic carbocycles. The van der Waals surface area contributed by atoms with Gasteiger partial charge in [-0.3, -0.25) is 0 Å². The molecule has 0 spiro atoms. The van der Waals surface area contributed by atoms with Crippen molar-refractivity contribution in [2.75, 3.05) is 4.90 Å². The van der Waals surface area contributed by atoms with E-state index in [1.54, 1.807) is 0 Å². The molecule has 1 aliphatic carbocycles. The SMILES string of the molecule is Cc1ccc(-c2ccccc2)cc1N(c1ccc2cc3c(cc2c1)-c1cc2ccc(-n4c5ccccc5c5ccccc54)cc2cc1-3)c1c(C)ccc2c1oc1ccccc12. The van der Waals surface area contributed by atoms with Gasteiger partial charge >= 0.3 is 0 Å². The fourth-order valence-electron chi connectivity index (χ4n) is 10.1. The molecule has 0 unspecified atom stereocenters. The minimum Gasteiger partial charge on any atom is -0.454 e. The molecule has 0 N–H and O–H groups in total. The van der Waals surface area contributed by atoms with Crippen molar-refractivity contribution in [2.24, 2.45) is 0 Å². The first-order chi connectivity index (χ1) is 30.1. The lowest BCUT2D eigenvalue weighted by atomic mass is 9.78. The Morgan fingerprint density at radius 3 is 1.72 bits per heavy atom. The molecule has 0 saturated heterocycles. The zero-order valence-corrected chi connectivity index (χ0v) is 33.8. The van der Waals surface area contributed by atoms with E-state index < -0.39 is 0 Å². The smallest absolute Gasteiger partial charge is 0.159 e. The molecule has 61 heavy (non-hydrogen) atoms. The number of aryl methyl sites for hydroxylation is 2. The Kier molecular flexibility index (Phi) is 7.15. The van der Waals surface area contributed by atoms with Gasteiger partial charge in [-0.25, -0.2) is 0 Å². The van der Waals surface area contributed by atoms with Crippen LogP contribution >= 0.6 is 0 Å². The molecule has 0 aliphatic heterocycles. The van der Waals surface area contributed by atoms with Gasteiger partial charge in [-0.2, -0.15) is 0 Å². The van der Waals surface area contributed by atoms with Crippen molar-refractivity contribution in [1.82, 2.24) is 4.57 Å². The zero-order chi connectivity index (χ0) is 40.3. The third-order valence-electron chi connectivity index (χ3n) is 13.1. The van der Waals surface area contributed by atoms with Crippen LogP contribution in [0.1, 0.15) is 11.1 Å². The van der Waals surface area contributed by atoms with Gasteiger partial charge in [-0.05, 0) is 153 Å². The Bertz CT molecular complexity index is 3740. The molecule has 0 amide bonds. The average Bonchev–Trinajstić information content (AvgIpc) is 3.85. The highest BCUT2D eigenvalue weighted by atomic mass is 16.3. The van der Waals surface area contributed by atoms with Crippen LogP contribution in [0, 0.1) is 13.8 Å². The molecule has 2 aromatic heterocycles. The largest absolute Gasteiger partial charge is 0.454 e. The minimum atomic E-state index is 0.894. The quantitative estimate of drug-likeness (QED) is 0.174. The van der Waals surface area contributed by atoms with Gasteiger partial charge in [0.25, 0.3) is 0 Å². The van der Waals surface area contributed by atoms with Crippen molar-refractivity contribution in [3.8, 4) is 39.1 Å². The third kappa shape index (κ3) is 5.04. The van der Waals surface area contributed by atoms with Crippen molar-refractivity contribution in [1.29, 1.82) is 0 Å². The predicted molar refractivity (Wildman–Crippen MR) is 257 cm³/mol. The highest BCUT2D eigenvalue weighted by Gasteiger charge is 2.27. The summed E-state index contributed by atoms with van der Waals surface area (Å²) in [6.45, 7) is 4.41. The van der Waals surface area contributed by atoms with Gasteiger partial charge in [-0.15, -0.1) is 0 Å². The van der Waals surface area contributed by atoms with Crippen LogP contribution in [0.4, 0.5) is 17.1 Å². The second-order valence-electron chi connectivity index (χ2n) is 16.6. The Hall–Kier alpha value is -7.88. The van der Waals surface area contributed by atoms with Crippen LogP contribution in [0.15, 0.2) is 199 Å². The van der Waals surface area contributed by atoms with Gasteiger partial charge in [0.05, 0.1) is 16.7 Å². The molecule has 3 nitrogen and oxygen atoms in total. The number of rotatable bonds is 5. The number of benzene rings is 10. The van der Waals surface area contributed by atoms with E-state index in [1.165, 1.54) is 88.0 Å². The molecule has 0 saturated carbocycles. The van der Waals surface area contributed by atoms with Gasteiger partial charge in [0.2, 0.25) is 0 Å². The van der Waals surface area contributed by atoms with Crippen LogP contribution in [0.5, 0.6) is 0 Å². The summed E-state index contributed by atoms with van der Waals surface area (Å²) in [6.07, 6.45) is 0. The Labute approximate surface area is 353 Å². The number of furan rings is 1. The normalized spacial score (nSPS) is 12.1. The second-order valence-corrected chi connectivity index (χ2v) is 16.6. The lowest BCUT2D eigenvalue weighted by Crippen LogP contribution is -2.13. The molecule has 1 aliphatic rings. The Morgan fingerprint density at radius 1 is 0.410 bits per heavy atom. The number of fused-ring (bicyclic) bond motifs is 12. The number of aromatic nitrogens is 1. The summed E-state index contributed by atoms with van der Waals surface area (Å²) in [6, 6.07) is 71.1. The first-order valence-electron chi connectivity index (χ1n) is 21.1. The number of para-hydroxylation sites is 3. The summed E-state index contributed by atoms with van der Waals surface area (Å²) in [5.74, 6) is 0. The molecular formula is C58H38N2O. The minimum absolute atomic E-state index is 0.894. The molecule has 0 bridgehead atoms. The fraction of sp³-hybridized carbons (Fsp3) is 0.0345. The van der Waals surface area contributed by atoms with E-state index in [9.17, 15) is 0 Å². The maximum atomic E-state index is 6.77. The fourth-order valence-corrected chi connectivity index (χ4v) is 10.1. The summed E-state index contributed by atoms with van der Waals surface area (Å²) < 4.78 is 9.18. The van der Waals surface area contributed by atoms with Crippen molar-refractivity contribution in [2.45, 2.75) is 13.8 Å². The van der Waals surface area contributed by atoms with Crippen molar-refractivity contribution >= 4 is 82.4 Å². The van der Waals surface area contributed by atoms with Crippen LogP contribution in [-0.4, -0.2) is 4.57 Å². The molecule has 286 valence electrons. The lowest BCUT2D eigenvalue weighted by molar-refractivity contribution is 0.668. The van der Waals surface area contributed by atoms with Crippen LogP contribution in [0.25, 0.3) is 104 Å². The molecule has 3 heteroatoms. The van der Waals surface area contributed by atoms with E-state index in [1.807, 2.05) is 6.07 Å². The van der Waals surface area contributed by atoms with E-state index >= 15 is 0 Å². The lowest BCUT2D eigenvalue weighted by Gasteiger charge is -2.30. The maximum Gasteiger partial charge on any atom is 0.159 e. The van der Waals surface area contributed by atoms with E-state index in [0.717, 1.165) is 44.6 Å². The van der Waals surface area contributed by atoms with Gasteiger partial charge in [0.15, 0.2) is 5.58 Å². The van der Waals surface area contributed by atoms with Gasteiger partial charge in [0.1, 0.15) is 5.58 Å². The highest BCUT2D eigenvalue weighted by molar-refractivity contribution is 6.14. The monoisotopic (exact) mass is 778 g/mol. The molecule has 2 heterocycles. The molecule has 13 rings (SSSR count). The standard InChI is InChI=1S/C58H38N2O/c1-35-20-22-40(37-12-4-3-5-13-37)34-55(35)60(57-36(2)21-27-48-47-16-8-11-19-56(47)61-58(48)57)44-26-24-39-31-50-51-32-41-28-43(25-23-38(41)30-49(51)52(50)33-42(39)29-44)59-53-17-9-6-14-45(53)46-15-7-10-18-54(46)59/h3-34H,1-2H3. The number of anilines is 3. The van der Waals surface area contributed by atoms with E-state index in [4.69, 9.17) is 4.42 Å². The highest BCUT2D eigenvalue weighted by Crippen LogP contribution is 2.52. The Morgan fingerprint density at radius 2 is 1.00 bits per heavy atom. The predicted octanol–water partition coefficient (Wildman–Crippen LogP) is 16.4. The number of hydrogen-bond donors (Lipinski definition) is 0. The average molecular weight is 779 g/mol. The molecular weight excluding hydrogens is 741 g/mol. The van der Waals surface area contributed by atoms with Crippen LogP contribution in [0.3, 0.4) is 0 Å². The van der Waals surface area contributed by atoms with Crippen LogP contribution in [-0.2, 0) is 0 Å². The summed E-state index contributed by atoms with van der Waals surface area (Å²) >= 11 is 0. The van der Waals surface area contributed by atoms with Crippen LogP contribution < -0.4 is 4.90 Å². The second kappa shape index (κ2) is 12.8. The van der Waals surface area contributed by atoms with E-state index in [-0.39, 0.29) is 0 Å². The van der Waals surface area contributed by atoms with Gasteiger partial charge in [-0.1, -0.05) is 121 Å². The van der Waals surface area contributed by atoms with E-state index in [0.29, 0.717) is 0 Å². The Balaban J connectivity index is 0.957. The van der Waals surface area contributed by atoms with Crippen molar-refractivity contribution < 1.29 is 4.42 Å².